The number of nitrogens with one attached hydrogen (secondary N) is 1. The summed E-state index contributed by atoms with van der Waals surface area (Å²) in [5, 5.41) is 3.23. The van der Waals surface area contributed by atoms with Crippen molar-refractivity contribution in [1.29, 1.82) is 0 Å². The quantitative estimate of drug-likeness (QED) is 0.637. The van der Waals surface area contributed by atoms with Crippen LogP contribution in [0.25, 0.3) is 0 Å². The monoisotopic (exact) mass is 473 g/mol. The van der Waals surface area contributed by atoms with Gasteiger partial charge in [0.1, 0.15) is 5.75 Å². The highest BCUT2D eigenvalue weighted by Crippen LogP contribution is 2.20. The largest absolute Gasteiger partial charge is 0.435 e. The number of piperazine rings is 1. The fraction of sp³-hybridized carbons (Fsp3) is 0.350. The Hall–Kier alpha value is -2.27. The lowest BCUT2D eigenvalue weighted by molar-refractivity contribution is -0.122. The second-order valence-electron chi connectivity index (χ2n) is 6.93. The average molecular weight is 474 g/mol. The molecule has 0 radical (unpaired) electrons. The lowest BCUT2D eigenvalue weighted by Crippen LogP contribution is -2.50. The van der Waals surface area contributed by atoms with Crippen LogP contribution in [0, 0.1) is 0 Å². The Kier molecular flexibility index (Phi) is 7.82. The van der Waals surface area contributed by atoms with Crippen molar-refractivity contribution in [2.24, 2.45) is 0 Å². The van der Waals surface area contributed by atoms with E-state index in [1.54, 1.807) is 12.1 Å². The van der Waals surface area contributed by atoms with E-state index in [9.17, 15) is 22.0 Å². The van der Waals surface area contributed by atoms with E-state index < -0.39 is 16.6 Å². The Morgan fingerprint density at radius 2 is 1.65 bits per heavy atom. The van der Waals surface area contributed by atoms with Crippen LogP contribution in [0.15, 0.2) is 53.4 Å². The Balaban J connectivity index is 1.44. The van der Waals surface area contributed by atoms with Crippen LogP contribution in [0.2, 0.25) is 5.02 Å². The van der Waals surface area contributed by atoms with E-state index >= 15 is 0 Å². The minimum absolute atomic E-state index is 0.0523. The van der Waals surface area contributed by atoms with Gasteiger partial charge in [-0.15, -0.1) is 0 Å². The van der Waals surface area contributed by atoms with Crippen molar-refractivity contribution in [1.82, 2.24) is 14.5 Å². The summed E-state index contributed by atoms with van der Waals surface area (Å²) < 4.78 is 55.4. The molecule has 1 saturated heterocycles. The predicted octanol–water partition coefficient (Wildman–Crippen LogP) is 2.56. The van der Waals surface area contributed by atoms with Gasteiger partial charge in [-0.3, -0.25) is 9.69 Å². The van der Waals surface area contributed by atoms with Gasteiger partial charge in [-0.2, -0.15) is 13.1 Å². The molecule has 0 saturated carbocycles. The van der Waals surface area contributed by atoms with E-state index in [4.69, 9.17) is 11.6 Å². The summed E-state index contributed by atoms with van der Waals surface area (Å²) in [6.07, 6.45) is 0. The van der Waals surface area contributed by atoms with Gasteiger partial charge >= 0.3 is 6.61 Å². The fourth-order valence-corrected chi connectivity index (χ4v) is 4.68. The van der Waals surface area contributed by atoms with Crippen LogP contribution in [0.1, 0.15) is 5.56 Å². The van der Waals surface area contributed by atoms with Crippen molar-refractivity contribution in [3.63, 3.8) is 0 Å². The van der Waals surface area contributed by atoms with Gasteiger partial charge in [0.2, 0.25) is 15.9 Å². The summed E-state index contributed by atoms with van der Waals surface area (Å²) in [4.78, 5) is 14.3. The van der Waals surface area contributed by atoms with E-state index in [0.717, 1.165) is 5.56 Å². The first-order valence-corrected chi connectivity index (χ1v) is 11.3. The van der Waals surface area contributed by atoms with E-state index in [1.807, 2.05) is 4.90 Å². The average Bonchev–Trinajstić information content (AvgIpc) is 2.73. The van der Waals surface area contributed by atoms with Gasteiger partial charge in [-0.1, -0.05) is 23.7 Å². The number of rotatable bonds is 8. The van der Waals surface area contributed by atoms with Crippen LogP contribution >= 0.6 is 11.6 Å². The summed E-state index contributed by atoms with van der Waals surface area (Å²) in [5.41, 5.74) is 0.744. The lowest BCUT2D eigenvalue weighted by atomic mass is 10.2. The van der Waals surface area contributed by atoms with Gasteiger partial charge < -0.3 is 10.1 Å². The molecule has 1 aliphatic heterocycles. The van der Waals surface area contributed by atoms with Crippen molar-refractivity contribution in [2.75, 3.05) is 32.7 Å². The number of alkyl halides is 2. The number of hydrogen-bond donors (Lipinski definition) is 1. The summed E-state index contributed by atoms with van der Waals surface area (Å²) in [5.74, 6) is -0.154. The molecule has 1 N–H and O–H groups in total. The Labute approximate surface area is 184 Å². The van der Waals surface area contributed by atoms with Crippen molar-refractivity contribution < 1.29 is 26.7 Å². The second kappa shape index (κ2) is 10.4. The SMILES string of the molecule is O=C(CN1CCN(S(=O)(=O)c2ccc(Cl)cc2)CC1)NCc1ccc(OC(F)F)cc1. The standard InChI is InChI=1S/C20H22ClF2N3O4S/c21-16-3-7-18(8-4-16)31(28,29)26-11-9-25(10-12-26)14-19(27)24-13-15-1-5-17(6-2-15)30-20(22)23/h1-8,20H,9-14H2,(H,24,27). The molecule has 2 aromatic carbocycles. The number of halogens is 3. The van der Waals surface area contributed by atoms with Gasteiger partial charge in [0, 0.05) is 37.7 Å². The number of carbonyl (C=O) groups excluding carboxylic acids is 1. The number of carbonyl (C=O) groups is 1. The number of amides is 1. The molecule has 1 fully saturated rings. The summed E-state index contributed by atoms with van der Waals surface area (Å²) in [6, 6.07) is 12.0. The summed E-state index contributed by atoms with van der Waals surface area (Å²) >= 11 is 5.82. The van der Waals surface area contributed by atoms with Crippen LogP contribution in [-0.2, 0) is 21.4 Å². The van der Waals surface area contributed by atoms with E-state index in [-0.39, 0.29) is 42.7 Å². The first-order valence-electron chi connectivity index (χ1n) is 9.52. The molecule has 0 bridgehead atoms. The lowest BCUT2D eigenvalue weighted by Gasteiger charge is -2.33. The number of sulfonamides is 1. The third-order valence-corrected chi connectivity index (χ3v) is 6.95. The maximum Gasteiger partial charge on any atom is 0.387 e. The van der Waals surface area contributed by atoms with Crippen LogP contribution in [-0.4, -0.2) is 62.9 Å². The fourth-order valence-electron chi connectivity index (χ4n) is 3.13. The molecule has 0 unspecified atom stereocenters. The normalized spacial score (nSPS) is 15.7. The Morgan fingerprint density at radius 1 is 1.03 bits per heavy atom. The first-order chi connectivity index (χ1) is 14.7. The summed E-state index contributed by atoms with van der Waals surface area (Å²) in [7, 11) is -3.60. The highest BCUT2D eigenvalue weighted by molar-refractivity contribution is 7.89. The van der Waals surface area contributed by atoms with E-state index in [0.29, 0.717) is 18.1 Å². The molecule has 0 spiro atoms. The summed E-state index contributed by atoms with van der Waals surface area (Å²) in [6.45, 7) is -1.07. The third-order valence-electron chi connectivity index (χ3n) is 4.79. The van der Waals surface area contributed by atoms with Crippen molar-refractivity contribution in [2.45, 2.75) is 18.1 Å². The minimum atomic E-state index is -3.60. The predicted molar refractivity (Wildman–Crippen MR) is 112 cm³/mol. The second-order valence-corrected chi connectivity index (χ2v) is 9.31. The molecule has 1 amide bonds. The van der Waals surface area contributed by atoms with Crippen LogP contribution in [0.3, 0.4) is 0 Å². The maximum atomic E-state index is 12.7. The molecule has 7 nitrogen and oxygen atoms in total. The van der Waals surface area contributed by atoms with Gasteiger partial charge in [0.15, 0.2) is 0 Å². The molecule has 11 heteroatoms. The highest BCUT2D eigenvalue weighted by Gasteiger charge is 2.29. The Morgan fingerprint density at radius 3 is 2.23 bits per heavy atom. The van der Waals surface area contributed by atoms with E-state index in [1.165, 1.54) is 40.7 Å². The molecule has 2 aromatic rings. The number of hydrogen-bond acceptors (Lipinski definition) is 5. The van der Waals surface area contributed by atoms with Crippen LogP contribution in [0.5, 0.6) is 5.75 Å². The smallest absolute Gasteiger partial charge is 0.387 e. The number of nitrogens with zero attached hydrogens (tertiary/aromatic N) is 2. The highest BCUT2D eigenvalue weighted by atomic mass is 35.5. The van der Waals surface area contributed by atoms with Crippen molar-refractivity contribution >= 4 is 27.5 Å². The first kappa shape index (κ1) is 23.4. The third kappa shape index (κ3) is 6.60. The minimum Gasteiger partial charge on any atom is -0.435 e. The molecule has 3 rings (SSSR count). The van der Waals surface area contributed by atoms with Crippen molar-refractivity contribution in [3.8, 4) is 5.75 Å². The van der Waals surface area contributed by atoms with E-state index in [2.05, 4.69) is 10.1 Å². The molecule has 1 aliphatic rings. The topological polar surface area (TPSA) is 79.0 Å². The number of benzene rings is 2. The molecular weight excluding hydrogens is 452 g/mol. The van der Waals surface area contributed by atoms with Gasteiger partial charge in [-0.25, -0.2) is 8.42 Å². The van der Waals surface area contributed by atoms with Gasteiger partial charge in [0.25, 0.3) is 0 Å². The van der Waals surface area contributed by atoms with Gasteiger partial charge in [0.05, 0.1) is 11.4 Å². The molecule has 0 aromatic heterocycles. The molecule has 168 valence electrons. The zero-order valence-electron chi connectivity index (χ0n) is 16.5. The molecular formula is C20H22ClF2N3O4S. The molecule has 0 atom stereocenters. The van der Waals surface area contributed by atoms with Crippen LogP contribution in [0.4, 0.5) is 8.78 Å². The zero-order chi connectivity index (χ0) is 22.4. The molecule has 1 heterocycles. The van der Waals surface area contributed by atoms with Crippen molar-refractivity contribution in [3.05, 3.63) is 59.1 Å². The zero-order valence-corrected chi connectivity index (χ0v) is 18.1. The van der Waals surface area contributed by atoms with Crippen LogP contribution < -0.4 is 10.1 Å². The number of ether oxygens (including phenoxy) is 1. The Bertz CT molecular complexity index is 980. The molecule has 31 heavy (non-hydrogen) atoms. The van der Waals surface area contributed by atoms with Gasteiger partial charge in [-0.05, 0) is 42.0 Å². The maximum absolute atomic E-state index is 12.7. The molecule has 0 aliphatic carbocycles.